The molecular weight excluding hydrogens is 155 g/mol. The van der Waals surface area contributed by atoms with Gasteiger partial charge < -0.3 is 5.73 Å². The van der Waals surface area contributed by atoms with Crippen LogP contribution in [0.3, 0.4) is 0 Å². The summed E-state index contributed by atoms with van der Waals surface area (Å²) in [5, 5.41) is 0. The molecule has 0 aromatic carbocycles. The summed E-state index contributed by atoms with van der Waals surface area (Å²) >= 11 is 0. The van der Waals surface area contributed by atoms with Gasteiger partial charge in [-0.15, -0.1) is 0 Å². The number of hydrogen-bond acceptors (Lipinski definition) is 2. The van der Waals surface area contributed by atoms with Crippen molar-refractivity contribution >= 4 is 0 Å². The molecule has 1 aliphatic rings. The Morgan fingerprint density at radius 2 is 2.25 bits per heavy atom. The van der Waals surface area contributed by atoms with E-state index >= 15 is 0 Å². The molecule has 2 rings (SSSR count). The van der Waals surface area contributed by atoms with Crippen LogP contribution in [-0.4, -0.2) is 4.98 Å². The fraction of sp³-hybridized carbons (Fsp3) is 0.444. The number of aromatic nitrogens is 1. The van der Waals surface area contributed by atoms with Crippen LogP contribution in [0.25, 0.3) is 0 Å². The molecule has 1 saturated carbocycles. The first kappa shape index (κ1) is 7.68. The van der Waals surface area contributed by atoms with Gasteiger partial charge in [-0.05, 0) is 25.3 Å². The van der Waals surface area contributed by atoms with Crippen LogP contribution in [0.5, 0.6) is 0 Å². The van der Waals surface area contributed by atoms with Crippen molar-refractivity contribution in [1.29, 1.82) is 0 Å². The monoisotopic (exact) mass is 166 g/mol. The zero-order valence-electron chi connectivity index (χ0n) is 6.76. The van der Waals surface area contributed by atoms with E-state index in [-0.39, 0.29) is 0 Å². The van der Waals surface area contributed by atoms with Gasteiger partial charge in [-0.2, -0.15) is 4.39 Å². The van der Waals surface area contributed by atoms with E-state index in [4.69, 9.17) is 5.73 Å². The van der Waals surface area contributed by atoms with Crippen LogP contribution in [-0.2, 0) is 5.54 Å². The van der Waals surface area contributed by atoms with Gasteiger partial charge in [0.2, 0.25) is 5.95 Å². The minimum Gasteiger partial charge on any atom is -0.321 e. The largest absolute Gasteiger partial charge is 0.321 e. The number of halogens is 1. The molecule has 2 N–H and O–H groups in total. The van der Waals surface area contributed by atoms with E-state index in [1.807, 2.05) is 0 Å². The fourth-order valence-corrected chi connectivity index (χ4v) is 1.58. The zero-order valence-corrected chi connectivity index (χ0v) is 6.76. The van der Waals surface area contributed by atoms with Crippen LogP contribution in [0.4, 0.5) is 4.39 Å². The summed E-state index contributed by atoms with van der Waals surface area (Å²) in [5.74, 6) is -0.417. The molecule has 0 atom stereocenters. The minimum atomic E-state index is -0.432. The Balaban J connectivity index is 2.39. The van der Waals surface area contributed by atoms with Crippen LogP contribution >= 0.6 is 0 Å². The number of pyridine rings is 1. The highest BCUT2D eigenvalue weighted by Crippen LogP contribution is 2.39. The SMILES string of the molecule is NC1(c2cccnc2F)CCC1. The molecule has 2 nitrogen and oxygen atoms in total. The van der Waals surface area contributed by atoms with E-state index in [0.29, 0.717) is 5.56 Å². The highest BCUT2D eigenvalue weighted by molar-refractivity contribution is 5.24. The third-order valence-electron chi connectivity index (χ3n) is 2.54. The number of hydrogen-bond donors (Lipinski definition) is 1. The van der Waals surface area contributed by atoms with E-state index in [1.165, 1.54) is 6.20 Å². The van der Waals surface area contributed by atoms with Crippen LogP contribution in [0.15, 0.2) is 18.3 Å². The van der Waals surface area contributed by atoms with Crippen molar-refractivity contribution in [3.63, 3.8) is 0 Å². The molecule has 3 heteroatoms. The predicted molar refractivity (Wildman–Crippen MR) is 43.9 cm³/mol. The molecule has 0 saturated heterocycles. The summed E-state index contributed by atoms with van der Waals surface area (Å²) in [7, 11) is 0. The minimum absolute atomic E-state index is 0.417. The maximum Gasteiger partial charge on any atom is 0.217 e. The molecule has 0 bridgehead atoms. The number of rotatable bonds is 1. The molecule has 1 aliphatic carbocycles. The fourth-order valence-electron chi connectivity index (χ4n) is 1.58. The Hall–Kier alpha value is -0.960. The Labute approximate surface area is 70.6 Å². The van der Waals surface area contributed by atoms with Crippen LogP contribution < -0.4 is 5.73 Å². The van der Waals surface area contributed by atoms with Crippen LogP contribution in [0.1, 0.15) is 24.8 Å². The van der Waals surface area contributed by atoms with Gasteiger partial charge in [0.25, 0.3) is 0 Å². The van der Waals surface area contributed by atoms with E-state index < -0.39 is 11.5 Å². The molecule has 0 amide bonds. The second-order valence-electron chi connectivity index (χ2n) is 3.35. The van der Waals surface area contributed by atoms with E-state index in [2.05, 4.69) is 4.98 Å². The van der Waals surface area contributed by atoms with Gasteiger partial charge in [-0.3, -0.25) is 0 Å². The smallest absolute Gasteiger partial charge is 0.217 e. The Kier molecular flexibility index (Phi) is 1.61. The number of nitrogens with zero attached hydrogens (tertiary/aromatic N) is 1. The van der Waals surface area contributed by atoms with Crippen LogP contribution in [0.2, 0.25) is 0 Å². The summed E-state index contributed by atoms with van der Waals surface area (Å²) in [6.07, 6.45) is 4.27. The van der Waals surface area contributed by atoms with Crippen molar-refractivity contribution in [3.8, 4) is 0 Å². The first-order chi connectivity index (χ1) is 5.72. The lowest BCUT2D eigenvalue weighted by Gasteiger charge is -2.38. The normalized spacial score (nSPS) is 20.2. The van der Waals surface area contributed by atoms with Gasteiger partial charge in [0.1, 0.15) is 0 Å². The molecule has 1 heterocycles. The summed E-state index contributed by atoms with van der Waals surface area (Å²) in [4.78, 5) is 3.58. The molecular formula is C9H11FN2. The molecule has 0 spiro atoms. The lowest BCUT2D eigenvalue weighted by Crippen LogP contribution is -2.44. The molecule has 0 unspecified atom stereocenters. The summed E-state index contributed by atoms with van der Waals surface area (Å²) in [6, 6.07) is 3.45. The van der Waals surface area contributed by atoms with Gasteiger partial charge >= 0.3 is 0 Å². The predicted octanol–water partition coefficient (Wildman–Crippen LogP) is 1.56. The number of nitrogens with two attached hydrogens (primary N) is 1. The van der Waals surface area contributed by atoms with Gasteiger partial charge in [-0.25, -0.2) is 4.98 Å². The van der Waals surface area contributed by atoms with Crippen LogP contribution in [0, 0.1) is 5.95 Å². The van der Waals surface area contributed by atoms with Gasteiger partial charge in [0, 0.05) is 17.3 Å². The van der Waals surface area contributed by atoms with Crippen molar-refractivity contribution in [1.82, 2.24) is 4.98 Å². The molecule has 1 aromatic rings. The standard InChI is InChI=1S/C9H11FN2/c10-8-7(3-1-6-12-8)9(11)4-2-5-9/h1,3,6H,2,4-5,11H2. The summed E-state index contributed by atoms with van der Waals surface area (Å²) in [6.45, 7) is 0. The Morgan fingerprint density at radius 1 is 1.50 bits per heavy atom. The quantitative estimate of drug-likeness (QED) is 0.643. The Morgan fingerprint density at radius 3 is 2.75 bits per heavy atom. The summed E-state index contributed by atoms with van der Waals surface area (Å²) in [5.41, 5.74) is 6.08. The molecule has 64 valence electrons. The van der Waals surface area contributed by atoms with Gasteiger partial charge in [0.05, 0.1) is 0 Å². The highest BCUT2D eigenvalue weighted by atomic mass is 19.1. The maximum absolute atomic E-state index is 13.1. The molecule has 1 aromatic heterocycles. The molecule has 1 fully saturated rings. The maximum atomic E-state index is 13.1. The third-order valence-corrected chi connectivity index (χ3v) is 2.54. The van der Waals surface area contributed by atoms with E-state index in [9.17, 15) is 4.39 Å². The van der Waals surface area contributed by atoms with Crippen molar-refractivity contribution in [2.24, 2.45) is 5.73 Å². The third kappa shape index (κ3) is 1.01. The van der Waals surface area contributed by atoms with Crippen molar-refractivity contribution in [2.45, 2.75) is 24.8 Å². The van der Waals surface area contributed by atoms with Crippen molar-refractivity contribution < 1.29 is 4.39 Å². The average molecular weight is 166 g/mol. The summed E-state index contributed by atoms with van der Waals surface area (Å²) < 4.78 is 13.1. The van der Waals surface area contributed by atoms with E-state index in [1.54, 1.807) is 12.1 Å². The second-order valence-corrected chi connectivity index (χ2v) is 3.35. The molecule has 12 heavy (non-hydrogen) atoms. The second kappa shape index (κ2) is 2.52. The zero-order chi connectivity index (χ0) is 8.60. The topological polar surface area (TPSA) is 38.9 Å². The van der Waals surface area contributed by atoms with Crippen molar-refractivity contribution in [2.75, 3.05) is 0 Å². The lowest BCUT2D eigenvalue weighted by molar-refractivity contribution is 0.243. The van der Waals surface area contributed by atoms with Gasteiger partial charge in [0.15, 0.2) is 0 Å². The lowest BCUT2D eigenvalue weighted by atomic mass is 9.73. The van der Waals surface area contributed by atoms with Crippen molar-refractivity contribution in [3.05, 3.63) is 29.8 Å². The van der Waals surface area contributed by atoms with Gasteiger partial charge in [-0.1, -0.05) is 6.07 Å². The first-order valence-electron chi connectivity index (χ1n) is 4.12. The Bertz CT molecular complexity index is 294. The molecule has 0 aliphatic heterocycles. The first-order valence-corrected chi connectivity index (χ1v) is 4.12. The average Bonchev–Trinajstić information content (AvgIpc) is 2.01. The highest BCUT2D eigenvalue weighted by Gasteiger charge is 2.36. The molecule has 0 radical (unpaired) electrons. The van der Waals surface area contributed by atoms with E-state index in [0.717, 1.165) is 19.3 Å².